The summed E-state index contributed by atoms with van der Waals surface area (Å²) in [5.74, 6) is -0.909. The zero-order valence-electron chi connectivity index (χ0n) is 12.8. The predicted octanol–water partition coefficient (Wildman–Crippen LogP) is 4.06. The van der Waals surface area contributed by atoms with Gasteiger partial charge in [-0.1, -0.05) is 41.7 Å². The van der Waals surface area contributed by atoms with E-state index in [4.69, 9.17) is 55.9 Å². The lowest BCUT2D eigenvalue weighted by atomic mass is 9.73. The fourth-order valence-electron chi connectivity index (χ4n) is 2.39. The molecule has 1 aliphatic rings. The molecule has 0 amide bonds. The Morgan fingerprint density at radius 2 is 1.77 bits per heavy atom. The minimum absolute atomic E-state index is 0.126. The van der Waals surface area contributed by atoms with Crippen LogP contribution in [0.2, 0.25) is 0 Å². The monoisotopic (exact) mass is 392 g/mol. The molecule has 22 heavy (non-hydrogen) atoms. The van der Waals surface area contributed by atoms with E-state index in [2.05, 4.69) is 0 Å². The highest BCUT2D eigenvalue weighted by molar-refractivity contribution is 6.69. The number of esters is 1. The van der Waals surface area contributed by atoms with Crippen LogP contribution in [0.15, 0.2) is 0 Å². The minimum Gasteiger partial charge on any atom is -0.465 e. The average Bonchev–Trinajstić information content (AvgIpc) is 3.18. The van der Waals surface area contributed by atoms with E-state index in [9.17, 15) is 9.59 Å². The van der Waals surface area contributed by atoms with E-state index in [0.717, 1.165) is 0 Å². The lowest BCUT2D eigenvalue weighted by Gasteiger charge is -2.41. The van der Waals surface area contributed by atoms with E-state index in [1.54, 1.807) is 13.8 Å². The number of carbonyl (C=O) groups excluding carboxylic acids is 2. The van der Waals surface area contributed by atoms with Gasteiger partial charge in [0.15, 0.2) is 0 Å². The normalized spacial score (nSPS) is 23.3. The van der Waals surface area contributed by atoms with Crippen molar-refractivity contribution in [2.45, 2.75) is 54.8 Å². The fraction of sp³-hybridized carbons (Fsp3) is 0.857. The van der Waals surface area contributed by atoms with Crippen LogP contribution in [0.25, 0.3) is 0 Å². The Labute approximate surface area is 150 Å². The van der Waals surface area contributed by atoms with Gasteiger partial charge in [0.25, 0.3) is 0 Å². The molecular weight excluding hydrogens is 374 g/mol. The van der Waals surface area contributed by atoms with Crippen molar-refractivity contribution < 1.29 is 19.1 Å². The third kappa shape index (κ3) is 4.64. The van der Waals surface area contributed by atoms with Crippen molar-refractivity contribution in [3.63, 3.8) is 0 Å². The van der Waals surface area contributed by atoms with Crippen LogP contribution in [0.4, 0.5) is 0 Å². The minimum atomic E-state index is -1.89. The number of halogens is 4. The second-order valence-corrected chi connectivity index (χ2v) is 8.73. The van der Waals surface area contributed by atoms with E-state index in [-0.39, 0.29) is 37.8 Å². The number of hydrogen-bond donors (Lipinski definition) is 0. The maximum Gasteiger partial charge on any atom is 0.326 e. The largest absolute Gasteiger partial charge is 0.465 e. The van der Waals surface area contributed by atoms with E-state index < -0.39 is 20.1 Å². The van der Waals surface area contributed by atoms with Crippen LogP contribution in [0.3, 0.4) is 0 Å². The smallest absolute Gasteiger partial charge is 0.326 e. The van der Waals surface area contributed by atoms with Crippen LogP contribution in [-0.2, 0) is 19.1 Å². The van der Waals surface area contributed by atoms with Crippen LogP contribution in [0.1, 0.15) is 40.0 Å². The van der Waals surface area contributed by atoms with Crippen LogP contribution in [0.5, 0.6) is 0 Å². The van der Waals surface area contributed by atoms with Crippen LogP contribution < -0.4 is 0 Å². The molecule has 0 saturated carbocycles. The molecule has 128 valence electrons. The zero-order valence-corrected chi connectivity index (χ0v) is 15.8. The highest BCUT2D eigenvalue weighted by Gasteiger charge is 2.57. The first-order chi connectivity index (χ1) is 10.00. The number of ether oxygens (including phenoxy) is 2. The van der Waals surface area contributed by atoms with Crippen LogP contribution >= 0.6 is 46.4 Å². The summed E-state index contributed by atoms with van der Waals surface area (Å²) in [6.07, 6.45) is 0.0997. The Balaban J connectivity index is 3.08. The molecule has 0 aromatic carbocycles. The summed E-state index contributed by atoms with van der Waals surface area (Å²) < 4.78 is 8.13. The summed E-state index contributed by atoms with van der Waals surface area (Å²) in [5.41, 5.74) is -1.38. The molecule has 3 atom stereocenters. The van der Waals surface area contributed by atoms with Crippen LogP contribution in [-0.4, -0.2) is 39.7 Å². The summed E-state index contributed by atoms with van der Waals surface area (Å²) in [4.78, 5) is 23.3. The second kappa shape index (κ2) is 7.43. The van der Waals surface area contributed by atoms with Gasteiger partial charge in [-0.3, -0.25) is 9.59 Å². The molecule has 0 aromatic heterocycles. The summed E-state index contributed by atoms with van der Waals surface area (Å²) in [5, 5.41) is 0. The van der Waals surface area contributed by atoms with Gasteiger partial charge in [0.1, 0.15) is 10.7 Å². The van der Waals surface area contributed by atoms with Crippen molar-refractivity contribution in [2.24, 2.45) is 5.41 Å². The standard InChI is InChI=1S/C14H20Cl4O4/c1-4-13(14(16,17)18,10(19)6-9-7-22-9)8-12(3,15)11(20)21-5-2/h9H,4-8H2,1-3H3. The maximum atomic E-state index is 12.7. The Morgan fingerprint density at radius 3 is 2.14 bits per heavy atom. The molecule has 0 aromatic rings. The Morgan fingerprint density at radius 1 is 1.23 bits per heavy atom. The quantitative estimate of drug-likeness (QED) is 0.354. The molecule has 0 bridgehead atoms. The molecule has 8 heteroatoms. The molecule has 1 rings (SSSR count). The van der Waals surface area contributed by atoms with Crippen LogP contribution in [0, 0.1) is 5.41 Å². The van der Waals surface area contributed by atoms with Gasteiger partial charge in [-0.05, 0) is 26.7 Å². The van der Waals surface area contributed by atoms with Crippen molar-refractivity contribution in [1.82, 2.24) is 0 Å². The van der Waals surface area contributed by atoms with Gasteiger partial charge in [0, 0.05) is 6.42 Å². The van der Waals surface area contributed by atoms with Crippen molar-refractivity contribution in [3.05, 3.63) is 0 Å². The Bertz CT molecular complexity index is 429. The number of rotatable bonds is 8. The molecule has 1 fully saturated rings. The molecule has 4 nitrogen and oxygen atoms in total. The van der Waals surface area contributed by atoms with E-state index in [0.29, 0.717) is 6.61 Å². The second-order valence-electron chi connectivity index (χ2n) is 5.61. The molecule has 0 spiro atoms. The van der Waals surface area contributed by atoms with Gasteiger partial charge in [0.05, 0.1) is 24.7 Å². The summed E-state index contributed by atoms with van der Waals surface area (Å²) in [7, 11) is 0. The molecule has 3 unspecified atom stereocenters. The molecule has 1 saturated heterocycles. The first-order valence-corrected chi connectivity index (χ1v) is 8.59. The van der Waals surface area contributed by atoms with E-state index in [1.807, 2.05) is 0 Å². The molecule has 0 aliphatic carbocycles. The van der Waals surface area contributed by atoms with Gasteiger partial charge in [-0.25, -0.2) is 0 Å². The van der Waals surface area contributed by atoms with Gasteiger partial charge < -0.3 is 9.47 Å². The Hall–Kier alpha value is 0.260. The molecular formula is C14H20Cl4O4. The highest BCUT2D eigenvalue weighted by atomic mass is 35.6. The number of ketones is 1. The summed E-state index contributed by atoms with van der Waals surface area (Å²) in [6.45, 7) is 5.56. The number of carbonyl (C=O) groups is 2. The number of hydrogen-bond acceptors (Lipinski definition) is 4. The van der Waals surface area contributed by atoms with Crippen molar-refractivity contribution >= 4 is 58.2 Å². The zero-order chi connectivity index (χ0) is 17.2. The lowest BCUT2D eigenvalue weighted by molar-refractivity contribution is -0.147. The van der Waals surface area contributed by atoms with Gasteiger partial charge in [0.2, 0.25) is 3.79 Å². The summed E-state index contributed by atoms with van der Waals surface area (Å²) >= 11 is 24.6. The fourth-order valence-corrected chi connectivity index (χ4v) is 3.59. The molecule has 0 N–H and O–H groups in total. The number of epoxide rings is 1. The highest BCUT2D eigenvalue weighted by Crippen LogP contribution is 2.54. The third-order valence-corrected chi connectivity index (χ3v) is 5.20. The number of Topliss-reactive ketones (excluding diaryl/α,β-unsaturated/α-hetero) is 1. The van der Waals surface area contributed by atoms with E-state index >= 15 is 0 Å². The summed E-state index contributed by atoms with van der Waals surface area (Å²) in [6, 6.07) is 0. The third-order valence-electron chi connectivity index (χ3n) is 3.83. The average molecular weight is 394 g/mol. The van der Waals surface area contributed by atoms with Crippen molar-refractivity contribution in [1.29, 1.82) is 0 Å². The first kappa shape index (κ1) is 20.3. The Kier molecular flexibility index (Phi) is 6.86. The van der Waals surface area contributed by atoms with Gasteiger partial charge >= 0.3 is 5.97 Å². The van der Waals surface area contributed by atoms with Crippen molar-refractivity contribution in [2.75, 3.05) is 13.2 Å². The number of alkyl halides is 4. The first-order valence-electron chi connectivity index (χ1n) is 7.08. The molecule has 1 aliphatic heterocycles. The van der Waals surface area contributed by atoms with Gasteiger partial charge in [-0.15, -0.1) is 11.6 Å². The SMILES string of the molecule is CCOC(=O)C(C)(Cl)CC(CC)(C(=O)CC1CO1)C(Cl)(Cl)Cl. The van der Waals surface area contributed by atoms with E-state index in [1.165, 1.54) is 6.92 Å². The molecule has 1 heterocycles. The lowest BCUT2D eigenvalue weighted by Crippen LogP contribution is -2.49. The topological polar surface area (TPSA) is 55.9 Å². The van der Waals surface area contributed by atoms with Gasteiger partial charge in [-0.2, -0.15) is 0 Å². The molecule has 0 radical (unpaired) electrons. The maximum absolute atomic E-state index is 12.7. The predicted molar refractivity (Wildman–Crippen MR) is 87.9 cm³/mol. The van der Waals surface area contributed by atoms with Crippen molar-refractivity contribution in [3.8, 4) is 0 Å².